The van der Waals surface area contributed by atoms with Crippen LogP contribution in [0, 0.1) is 0 Å². The van der Waals surface area contributed by atoms with Gasteiger partial charge in [-0.3, -0.25) is 14.6 Å². The van der Waals surface area contributed by atoms with Gasteiger partial charge in [0, 0.05) is 12.1 Å². The quantitative estimate of drug-likeness (QED) is 0.547. The Balaban J connectivity index is 2.73. The highest BCUT2D eigenvalue weighted by molar-refractivity contribution is 5.99. The maximum absolute atomic E-state index is 11.5. The van der Waals surface area contributed by atoms with E-state index < -0.39 is 0 Å². The number of rotatable bonds is 8. The highest BCUT2D eigenvalue weighted by Crippen LogP contribution is 2.18. The number of esters is 2. The van der Waals surface area contributed by atoms with Crippen LogP contribution in [0.25, 0.3) is 0 Å². The molecule has 0 aromatic heterocycles. The first-order chi connectivity index (χ1) is 10.6. The van der Waals surface area contributed by atoms with E-state index in [9.17, 15) is 9.59 Å². The smallest absolute Gasteiger partial charge is 0.311 e. The fraction of sp³-hybridized carbons (Fsp3) is 0.471. The van der Waals surface area contributed by atoms with E-state index in [0.717, 1.165) is 11.3 Å². The third-order valence-corrected chi connectivity index (χ3v) is 3.31. The molecule has 5 heteroatoms. The summed E-state index contributed by atoms with van der Waals surface area (Å²) >= 11 is 0. The fourth-order valence-corrected chi connectivity index (χ4v) is 2.06. The average molecular weight is 305 g/mol. The molecule has 0 N–H and O–H groups in total. The predicted octanol–water partition coefficient (Wildman–Crippen LogP) is 3.10. The van der Waals surface area contributed by atoms with E-state index in [1.807, 2.05) is 37.3 Å². The van der Waals surface area contributed by atoms with Crippen molar-refractivity contribution in [1.82, 2.24) is 0 Å². The van der Waals surface area contributed by atoms with E-state index >= 15 is 0 Å². The van der Waals surface area contributed by atoms with Crippen molar-refractivity contribution in [2.24, 2.45) is 4.99 Å². The molecule has 0 bridgehead atoms. The zero-order valence-corrected chi connectivity index (χ0v) is 13.4. The molecule has 1 atom stereocenters. The number of hydrogen-bond acceptors (Lipinski definition) is 5. The van der Waals surface area contributed by atoms with Crippen LogP contribution in [0.2, 0.25) is 0 Å². The van der Waals surface area contributed by atoms with Gasteiger partial charge in [-0.2, -0.15) is 0 Å². The summed E-state index contributed by atoms with van der Waals surface area (Å²) in [5.74, 6) is -0.578. The van der Waals surface area contributed by atoms with Crippen LogP contribution in [-0.4, -0.2) is 31.9 Å². The molecule has 120 valence electrons. The minimum absolute atomic E-state index is 0.0426. The molecule has 1 rings (SSSR count). The highest BCUT2D eigenvalue weighted by atomic mass is 16.5. The lowest BCUT2D eigenvalue weighted by Crippen LogP contribution is -2.12. The van der Waals surface area contributed by atoms with Gasteiger partial charge in [-0.25, -0.2) is 0 Å². The Morgan fingerprint density at radius 3 is 2.27 bits per heavy atom. The normalized spacial score (nSPS) is 12.6. The number of carbonyl (C=O) groups is 2. The van der Waals surface area contributed by atoms with Crippen molar-refractivity contribution in [3.05, 3.63) is 35.9 Å². The van der Waals surface area contributed by atoms with E-state index in [1.165, 1.54) is 14.2 Å². The number of nitrogens with zero attached hydrogens (tertiary/aromatic N) is 1. The maximum Gasteiger partial charge on any atom is 0.311 e. The first kappa shape index (κ1) is 17.9. The van der Waals surface area contributed by atoms with Gasteiger partial charge in [0.1, 0.15) is 0 Å². The summed E-state index contributed by atoms with van der Waals surface area (Å²) in [6, 6.07) is 9.82. The van der Waals surface area contributed by atoms with Crippen LogP contribution < -0.4 is 0 Å². The van der Waals surface area contributed by atoms with Gasteiger partial charge in [0.25, 0.3) is 0 Å². The predicted molar refractivity (Wildman–Crippen MR) is 84.8 cm³/mol. The lowest BCUT2D eigenvalue weighted by molar-refractivity contribution is -0.140. The lowest BCUT2D eigenvalue weighted by Gasteiger charge is -2.11. The summed E-state index contributed by atoms with van der Waals surface area (Å²) in [5.41, 5.74) is 1.82. The molecule has 0 radical (unpaired) electrons. The molecule has 1 aromatic carbocycles. The van der Waals surface area contributed by atoms with Crippen molar-refractivity contribution in [3.63, 3.8) is 0 Å². The van der Waals surface area contributed by atoms with Gasteiger partial charge in [-0.05, 0) is 25.3 Å². The van der Waals surface area contributed by atoms with Crippen LogP contribution in [0.4, 0.5) is 0 Å². The Labute approximate surface area is 131 Å². The van der Waals surface area contributed by atoms with Gasteiger partial charge in [-0.1, -0.05) is 30.3 Å². The van der Waals surface area contributed by atoms with E-state index in [2.05, 4.69) is 9.73 Å². The fourth-order valence-electron chi connectivity index (χ4n) is 2.06. The Hall–Kier alpha value is -2.17. The molecule has 0 spiro atoms. The van der Waals surface area contributed by atoms with Crippen LogP contribution in [-0.2, 0) is 19.1 Å². The molecule has 0 amide bonds. The number of ether oxygens (including phenoxy) is 2. The van der Waals surface area contributed by atoms with Gasteiger partial charge < -0.3 is 9.47 Å². The molecule has 5 nitrogen and oxygen atoms in total. The second kappa shape index (κ2) is 9.71. The maximum atomic E-state index is 11.5. The number of carbonyl (C=O) groups excluding carboxylic acids is 2. The van der Waals surface area contributed by atoms with Crippen LogP contribution in [0.15, 0.2) is 35.3 Å². The third-order valence-electron chi connectivity index (χ3n) is 3.31. The molecule has 0 aliphatic carbocycles. The number of aliphatic imine (C=N–C) groups is 1. The van der Waals surface area contributed by atoms with Crippen molar-refractivity contribution < 1.29 is 19.1 Å². The third kappa shape index (κ3) is 6.52. The van der Waals surface area contributed by atoms with Crippen molar-refractivity contribution >= 4 is 17.7 Å². The summed E-state index contributed by atoms with van der Waals surface area (Å²) in [4.78, 5) is 27.3. The molecule has 0 saturated heterocycles. The zero-order chi connectivity index (χ0) is 16.4. The highest BCUT2D eigenvalue weighted by Gasteiger charge is 2.12. The molecule has 0 heterocycles. The molecule has 0 aliphatic heterocycles. The van der Waals surface area contributed by atoms with E-state index in [4.69, 9.17) is 4.74 Å². The summed E-state index contributed by atoms with van der Waals surface area (Å²) < 4.78 is 9.32. The first-order valence-corrected chi connectivity index (χ1v) is 7.31. The zero-order valence-electron chi connectivity index (χ0n) is 13.4. The molecule has 22 heavy (non-hydrogen) atoms. The molecular formula is C17H23NO4. The molecule has 0 aliphatic rings. The van der Waals surface area contributed by atoms with Gasteiger partial charge in [0.2, 0.25) is 0 Å². The van der Waals surface area contributed by atoms with Crippen LogP contribution in [0.5, 0.6) is 0 Å². The number of benzene rings is 1. The van der Waals surface area contributed by atoms with Gasteiger partial charge in [0.05, 0.1) is 26.7 Å². The van der Waals surface area contributed by atoms with Crippen LogP contribution >= 0.6 is 0 Å². The molecule has 0 fully saturated rings. The van der Waals surface area contributed by atoms with Crippen molar-refractivity contribution in [3.8, 4) is 0 Å². The Kier molecular flexibility index (Phi) is 7.89. The second-order valence-electron chi connectivity index (χ2n) is 4.96. The Morgan fingerprint density at radius 1 is 1.05 bits per heavy atom. The summed E-state index contributed by atoms with van der Waals surface area (Å²) in [7, 11) is 2.72. The molecule has 0 unspecified atom stereocenters. The van der Waals surface area contributed by atoms with Gasteiger partial charge in [0.15, 0.2) is 0 Å². The largest absolute Gasteiger partial charge is 0.469 e. The van der Waals surface area contributed by atoms with Crippen molar-refractivity contribution in [2.45, 2.75) is 38.6 Å². The first-order valence-electron chi connectivity index (χ1n) is 7.31. The van der Waals surface area contributed by atoms with Gasteiger partial charge in [-0.15, -0.1) is 0 Å². The molecule has 0 saturated carbocycles. The lowest BCUT2D eigenvalue weighted by atomic mass is 10.1. The summed E-state index contributed by atoms with van der Waals surface area (Å²) in [6.07, 6.45) is 1.64. The standard InChI is InChI=1S/C17H23NO4/c1-13(14-8-5-4-6-9-14)18-15(12-17(20)22-3)10-7-11-16(19)21-2/h4-6,8-9,13H,7,10-12H2,1-3H3/t13-/m0/s1. The summed E-state index contributed by atoms with van der Waals surface area (Å²) in [6.45, 7) is 1.98. The van der Waals surface area contributed by atoms with Gasteiger partial charge >= 0.3 is 11.9 Å². The van der Waals surface area contributed by atoms with Crippen molar-refractivity contribution in [1.29, 1.82) is 0 Å². The van der Waals surface area contributed by atoms with Crippen LogP contribution in [0.1, 0.15) is 44.2 Å². The molecule has 1 aromatic rings. The monoisotopic (exact) mass is 305 g/mol. The average Bonchev–Trinajstić information content (AvgIpc) is 2.55. The second-order valence-corrected chi connectivity index (χ2v) is 4.96. The van der Waals surface area contributed by atoms with Crippen LogP contribution in [0.3, 0.4) is 0 Å². The minimum Gasteiger partial charge on any atom is -0.469 e. The summed E-state index contributed by atoms with van der Waals surface area (Å²) in [5, 5.41) is 0. The van der Waals surface area contributed by atoms with Crippen molar-refractivity contribution in [2.75, 3.05) is 14.2 Å². The number of methoxy groups -OCH3 is 2. The van der Waals surface area contributed by atoms with E-state index in [-0.39, 0.29) is 24.4 Å². The Morgan fingerprint density at radius 2 is 1.68 bits per heavy atom. The van der Waals surface area contributed by atoms with E-state index in [1.54, 1.807) is 0 Å². The topological polar surface area (TPSA) is 65.0 Å². The Bertz CT molecular complexity index is 511. The molecular weight excluding hydrogens is 282 g/mol. The minimum atomic E-state index is -0.322. The van der Waals surface area contributed by atoms with E-state index in [0.29, 0.717) is 19.3 Å². The SMILES string of the molecule is COC(=O)CCCC(CC(=O)OC)=N[C@@H](C)c1ccccc1. The number of hydrogen-bond donors (Lipinski definition) is 0.